The first kappa shape index (κ1) is 17.7. The first-order valence-electron chi connectivity index (χ1n) is 9.54. The summed E-state index contributed by atoms with van der Waals surface area (Å²) in [4.78, 5) is 30.8. The summed E-state index contributed by atoms with van der Waals surface area (Å²) in [5.74, 6) is 0.108. The molecular weight excluding hydrogens is 306 g/mol. The Labute approximate surface area is 145 Å². The standard InChI is InChI=1S/C18H31N3O3/c1-19-11-7-15(8-12-19)21-10-3-2-5-16(21)18(23)24-14-13-20-9-4-6-17(20)22/h15-16H,2-14H2,1H3. The van der Waals surface area contributed by atoms with Gasteiger partial charge < -0.3 is 14.5 Å². The summed E-state index contributed by atoms with van der Waals surface area (Å²) in [6.07, 6.45) is 7.05. The summed E-state index contributed by atoms with van der Waals surface area (Å²) in [5, 5.41) is 0. The Kier molecular flexibility index (Phi) is 6.11. The van der Waals surface area contributed by atoms with E-state index in [1.54, 1.807) is 0 Å². The van der Waals surface area contributed by atoms with E-state index in [4.69, 9.17) is 4.74 Å². The van der Waals surface area contributed by atoms with Crippen molar-refractivity contribution in [2.75, 3.05) is 46.4 Å². The zero-order chi connectivity index (χ0) is 16.9. The topological polar surface area (TPSA) is 53.1 Å². The second-order valence-corrected chi connectivity index (χ2v) is 7.44. The lowest BCUT2D eigenvalue weighted by Crippen LogP contribution is -2.53. The predicted molar refractivity (Wildman–Crippen MR) is 91.6 cm³/mol. The molecule has 6 heteroatoms. The Hall–Kier alpha value is -1.14. The molecule has 0 radical (unpaired) electrons. The molecule has 6 nitrogen and oxygen atoms in total. The molecule has 0 bridgehead atoms. The molecule has 3 aliphatic heterocycles. The van der Waals surface area contributed by atoms with Crippen LogP contribution in [0.25, 0.3) is 0 Å². The van der Waals surface area contributed by atoms with Crippen molar-refractivity contribution in [3.63, 3.8) is 0 Å². The fourth-order valence-electron chi connectivity index (χ4n) is 4.26. The van der Waals surface area contributed by atoms with E-state index in [2.05, 4.69) is 16.8 Å². The minimum Gasteiger partial charge on any atom is -0.463 e. The van der Waals surface area contributed by atoms with Gasteiger partial charge in [-0.25, -0.2) is 0 Å². The lowest BCUT2D eigenvalue weighted by atomic mass is 9.95. The van der Waals surface area contributed by atoms with Crippen molar-refractivity contribution in [3.8, 4) is 0 Å². The molecule has 3 rings (SSSR count). The van der Waals surface area contributed by atoms with E-state index in [0.29, 0.717) is 25.6 Å². The van der Waals surface area contributed by atoms with E-state index in [0.717, 1.165) is 58.3 Å². The summed E-state index contributed by atoms with van der Waals surface area (Å²) in [5.41, 5.74) is 0. The van der Waals surface area contributed by atoms with Crippen molar-refractivity contribution in [2.45, 2.75) is 57.0 Å². The molecule has 1 amide bonds. The highest BCUT2D eigenvalue weighted by Crippen LogP contribution is 2.25. The van der Waals surface area contributed by atoms with Crippen LogP contribution in [0.4, 0.5) is 0 Å². The maximum Gasteiger partial charge on any atom is 0.323 e. The number of amides is 1. The van der Waals surface area contributed by atoms with Crippen molar-refractivity contribution >= 4 is 11.9 Å². The first-order valence-corrected chi connectivity index (χ1v) is 9.54. The van der Waals surface area contributed by atoms with Gasteiger partial charge in [-0.1, -0.05) is 6.42 Å². The van der Waals surface area contributed by atoms with Crippen LogP contribution in [0.15, 0.2) is 0 Å². The fourth-order valence-corrected chi connectivity index (χ4v) is 4.26. The minimum absolute atomic E-state index is 0.0820. The van der Waals surface area contributed by atoms with E-state index in [1.165, 1.54) is 6.42 Å². The molecule has 1 unspecified atom stereocenters. The molecule has 0 N–H and O–H groups in total. The van der Waals surface area contributed by atoms with Crippen molar-refractivity contribution in [1.82, 2.24) is 14.7 Å². The highest BCUT2D eigenvalue weighted by atomic mass is 16.5. The molecule has 0 saturated carbocycles. The predicted octanol–water partition coefficient (Wildman–Crippen LogP) is 1.10. The van der Waals surface area contributed by atoms with Gasteiger partial charge in [0.1, 0.15) is 12.6 Å². The average Bonchev–Trinajstić information content (AvgIpc) is 3.01. The Balaban J connectivity index is 1.48. The van der Waals surface area contributed by atoms with Crippen LogP contribution in [0.2, 0.25) is 0 Å². The Morgan fingerprint density at radius 2 is 1.88 bits per heavy atom. The van der Waals surface area contributed by atoms with Gasteiger partial charge in [-0.05, 0) is 58.8 Å². The molecule has 0 aromatic heterocycles. The lowest BCUT2D eigenvalue weighted by Gasteiger charge is -2.43. The van der Waals surface area contributed by atoms with Crippen LogP contribution in [0.3, 0.4) is 0 Å². The highest BCUT2D eigenvalue weighted by Gasteiger charge is 2.35. The van der Waals surface area contributed by atoms with Gasteiger partial charge in [0.2, 0.25) is 5.91 Å². The second kappa shape index (κ2) is 8.30. The van der Waals surface area contributed by atoms with Crippen LogP contribution >= 0.6 is 0 Å². The Bertz CT molecular complexity index is 449. The van der Waals surface area contributed by atoms with Crippen LogP contribution in [-0.2, 0) is 14.3 Å². The third-order valence-corrected chi connectivity index (χ3v) is 5.75. The zero-order valence-corrected chi connectivity index (χ0v) is 14.9. The molecule has 136 valence electrons. The van der Waals surface area contributed by atoms with Gasteiger partial charge in [0.05, 0.1) is 6.54 Å². The number of likely N-dealkylation sites (tertiary alicyclic amines) is 3. The SMILES string of the molecule is CN1CCC(N2CCCCC2C(=O)OCCN2CCCC2=O)CC1. The number of ether oxygens (including phenoxy) is 1. The number of hydrogen-bond acceptors (Lipinski definition) is 5. The van der Waals surface area contributed by atoms with Gasteiger partial charge >= 0.3 is 5.97 Å². The van der Waals surface area contributed by atoms with Crippen LogP contribution in [-0.4, -0.2) is 85.0 Å². The van der Waals surface area contributed by atoms with E-state index < -0.39 is 0 Å². The van der Waals surface area contributed by atoms with Gasteiger partial charge in [0.25, 0.3) is 0 Å². The normalized spacial score (nSPS) is 27.6. The molecular formula is C18H31N3O3. The summed E-state index contributed by atoms with van der Waals surface area (Å²) in [6.45, 7) is 4.92. The molecule has 3 heterocycles. The minimum atomic E-state index is -0.0831. The van der Waals surface area contributed by atoms with Gasteiger partial charge in [-0.2, -0.15) is 0 Å². The summed E-state index contributed by atoms with van der Waals surface area (Å²) >= 11 is 0. The molecule has 0 aromatic carbocycles. The molecule has 0 aromatic rings. The van der Waals surface area contributed by atoms with Gasteiger partial charge in [0, 0.05) is 19.0 Å². The molecule has 3 saturated heterocycles. The average molecular weight is 337 g/mol. The molecule has 3 aliphatic rings. The molecule has 3 fully saturated rings. The monoisotopic (exact) mass is 337 g/mol. The van der Waals surface area contributed by atoms with Crippen LogP contribution in [0.1, 0.15) is 44.9 Å². The summed E-state index contributed by atoms with van der Waals surface area (Å²) in [6, 6.07) is 0.431. The van der Waals surface area contributed by atoms with Gasteiger partial charge in [0.15, 0.2) is 0 Å². The van der Waals surface area contributed by atoms with Crippen LogP contribution < -0.4 is 0 Å². The van der Waals surface area contributed by atoms with Crippen LogP contribution in [0.5, 0.6) is 0 Å². The van der Waals surface area contributed by atoms with Crippen molar-refractivity contribution in [2.24, 2.45) is 0 Å². The Morgan fingerprint density at radius 1 is 1.08 bits per heavy atom. The number of nitrogens with zero attached hydrogens (tertiary/aromatic N) is 3. The number of esters is 1. The quantitative estimate of drug-likeness (QED) is 0.703. The lowest BCUT2D eigenvalue weighted by molar-refractivity contribution is -0.154. The maximum absolute atomic E-state index is 12.6. The molecule has 1 atom stereocenters. The third kappa shape index (κ3) is 4.28. The van der Waals surface area contributed by atoms with Crippen LogP contribution in [0, 0.1) is 0 Å². The van der Waals surface area contributed by atoms with Crippen molar-refractivity contribution in [3.05, 3.63) is 0 Å². The van der Waals surface area contributed by atoms with Gasteiger partial charge in [-0.15, -0.1) is 0 Å². The van der Waals surface area contributed by atoms with Crippen molar-refractivity contribution < 1.29 is 14.3 Å². The molecule has 0 spiro atoms. The number of rotatable bonds is 5. The largest absolute Gasteiger partial charge is 0.463 e. The third-order valence-electron chi connectivity index (χ3n) is 5.75. The number of piperidine rings is 2. The maximum atomic E-state index is 12.6. The zero-order valence-electron chi connectivity index (χ0n) is 14.9. The summed E-state index contributed by atoms with van der Waals surface area (Å²) < 4.78 is 5.55. The van der Waals surface area contributed by atoms with E-state index in [9.17, 15) is 9.59 Å². The molecule has 24 heavy (non-hydrogen) atoms. The molecule has 0 aliphatic carbocycles. The van der Waals surface area contributed by atoms with E-state index >= 15 is 0 Å². The van der Waals surface area contributed by atoms with Gasteiger partial charge in [-0.3, -0.25) is 14.5 Å². The smallest absolute Gasteiger partial charge is 0.323 e. The second-order valence-electron chi connectivity index (χ2n) is 7.44. The fraction of sp³-hybridized carbons (Fsp3) is 0.889. The first-order chi connectivity index (χ1) is 11.6. The van der Waals surface area contributed by atoms with E-state index in [-0.39, 0.29) is 17.9 Å². The Morgan fingerprint density at radius 3 is 2.58 bits per heavy atom. The summed E-state index contributed by atoms with van der Waals surface area (Å²) in [7, 11) is 2.16. The van der Waals surface area contributed by atoms with Crippen molar-refractivity contribution in [1.29, 1.82) is 0 Å². The number of carbonyl (C=O) groups excluding carboxylic acids is 2. The number of carbonyl (C=O) groups is 2. The van der Waals surface area contributed by atoms with E-state index in [1.807, 2.05) is 4.90 Å². The highest BCUT2D eigenvalue weighted by molar-refractivity contribution is 5.78. The number of hydrogen-bond donors (Lipinski definition) is 0.